The Morgan fingerprint density at radius 3 is 2.18 bits per heavy atom. The van der Waals surface area contributed by atoms with E-state index < -0.39 is 0 Å². The molecular formula is C25H29N3O6. The van der Waals surface area contributed by atoms with Crippen LogP contribution in [-0.4, -0.2) is 60.2 Å². The maximum absolute atomic E-state index is 12.7. The Labute approximate surface area is 198 Å². The molecule has 3 rings (SSSR count). The Balaban J connectivity index is 1.57. The molecule has 180 valence electrons. The van der Waals surface area contributed by atoms with Gasteiger partial charge in [0.1, 0.15) is 0 Å². The monoisotopic (exact) mass is 467 g/mol. The fraction of sp³-hybridized carbons (Fsp3) is 0.360. The smallest absolute Gasteiger partial charge is 0.254 e. The number of carbonyl (C=O) groups excluding carboxylic acids is 4. The summed E-state index contributed by atoms with van der Waals surface area (Å²) in [5, 5.41) is 2.77. The highest BCUT2D eigenvalue weighted by Crippen LogP contribution is 2.30. The summed E-state index contributed by atoms with van der Waals surface area (Å²) in [5.41, 5.74) is 1.69. The standard InChI is InChI=1S/C25H29N3O6/c1-4-33-20-11-10-19(14-21(20)34-5-2)26-22(29)16-27(3)25(32)18-8-6-17(7-9-18)15-28-23(30)12-13-24(28)31/h6-11,14H,4-5,12-13,15-16H2,1-3H3,(H,26,29). The SMILES string of the molecule is CCOc1ccc(NC(=O)CN(C)C(=O)c2ccc(CN3C(=O)CCC3=O)cc2)cc1OCC. The van der Waals surface area contributed by atoms with Gasteiger partial charge >= 0.3 is 0 Å². The number of likely N-dealkylation sites (N-methyl/N-ethyl adjacent to an activating group) is 1. The maximum Gasteiger partial charge on any atom is 0.254 e. The van der Waals surface area contributed by atoms with Gasteiger partial charge in [-0.2, -0.15) is 0 Å². The zero-order valence-corrected chi connectivity index (χ0v) is 19.6. The normalized spacial score (nSPS) is 13.1. The summed E-state index contributed by atoms with van der Waals surface area (Å²) in [6.07, 6.45) is 0.484. The first kappa shape index (κ1) is 24.8. The van der Waals surface area contributed by atoms with Crippen molar-refractivity contribution in [2.75, 3.05) is 32.1 Å². The Hall–Kier alpha value is -3.88. The van der Waals surface area contributed by atoms with Crippen LogP contribution in [0.25, 0.3) is 0 Å². The summed E-state index contributed by atoms with van der Waals surface area (Å²) in [4.78, 5) is 51.3. The third-order valence-electron chi connectivity index (χ3n) is 5.25. The van der Waals surface area contributed by atoms with Crippen molar-refractivity contribution in [2.24, 2.45) is 0 Å². The van der Waals surface area contributed by atoms with E-state index >= 15 is 0 Å². The van der Waals surface area contributed by atoms with Crippen molar-refractivity contribution in [2.45, 2.75) is 33.2 Å². The molecule has 34 heavy (non-hydrogen) atoms. The summed E-state index contributed by atoms with van der Waals surface area (Å²) >= 11 is 0. The molecule has 9 nitrogen and oxygen atoms in total. The van der Waals surface area contributed by atoms with E-state index in [9.17, 15) is 19.2 Å². The van der Waals surface area contributed by atoms with Crippen molar-refractivity contribution < 1.29 is 28.7 Å². The number of benzene rings is 2. The van der Waals surface area contributed by atoms with E-state index in [0.717, 1.165) is 5.56 Å². The van der Waals surface area contributed by atoms with Crippen molar-refractivity contribution in [3.8, 4) is 11.5 Å². The lowest BCUT2D eigenvalue weighted by atomic mass is 10.1. The highest BCUT2D eigenvalue weighted by atomic mass is 16.5. The van der Waals surface area contributed by atoms with Gasteiger partial charge in [0.25, 0.3) is 5.91 Å². The van der Waals surface area contributed by atoms with E-state index in [-0.39, 0.29) is 49.6 Å². The van der Waals surface area contributed by atoms with Gasteiger partial charge < -0.3 is 19.7 Å². The minimum absolute atomic E-state index is 0.144. The zero-order valence-electron chi connectivity index (χ0n) is 19.6. The fourth-order valence-corrected chi connectivity index (χ4v) is 3.57. The summed E-state index contributed by atoms with van der Waals surface area (Å²) in [7, 11) is 1.54. The number of nitrogens with zero attached hydrogens (tertiary/aromatic N) is 2. The van der Waals surface area contributed by atoms with Gasteiger partial charge in [-0.3, -0.25) is 24.1 Å². The summed E-state index contributed by atoms with van der Waals surface area (Å²) in [6, 6.07) is 11.8. The van der Waals surface area contributed by atoms with E-state index in [0.29, 0.717) is 36.0 Å². The van der Waals surface area contributed by atoms with Gasteiger partial charge in [-0.25, -0.2) is 0 Å². The topological polar surface area (TPSA) is 105 Å². The van der Waals surface area contributed by atoms with Crippen LogP contribution >= 0.6 is 0 Å². The quantitative estimate of drug-likeness (QED) is 0.539. The van der Waals surface area contributed by atoms with Crippen LogP contribution < -0.4 is 14.8 Å². The Kier molecular flexibility index (Phi) is 8.24. The molecule has 2 aromatic carbocycles. The number of hydrogen-bond donors (Lipinski definition) is 1. The van der Waals surface area contributed by atoms with E-state index in [1.54, 1.807) is 49.5 Å². The molecule has 1 aliphatic rings. The molecule has 4 amide bonds. The lowest BCUT2D eigenvalue weighted by molar-refractivity contribution is -0.139. The average Bonchev–Trinajstić information content (AvgIpc) is 3.13. The molecule has 2 aromatic rings. The van der Waals surface area contributed by atoms with E-state index in [4.69, 9.17) is 9.47 Å². The Morgan fingerprint density at radius 1 is 0.941 bits per heavy atom. The van der Waals surface area contributed by atoms with Gasteiger partial charge in [0.2, 0.25) is 17.7 Å². The van der Waals surface area contributed by atoms with Gasteiger partial charge in [0.05, 0.1) is 26.3 Å². The number of nitrogens with one attached hydrogen (secondary N) is 1. The van der Waals surface area contributed by atoms with Crippen LogP contribution in [0.2, 0.25) is 0 Å². The van der Waals surface area contributed by atoms with Crippen LogP contribution in [0, 0.1) is 0 Å². The molecule has 0 atom stereocenters. The van der Waals surface area contributed by atoms with Gasteiger partial charge in [-0.1, -0.05) is 12.1 Å². The Bertz CT molecular complexity index is 1050. The molecule has 1 aliphatic heterocycles. The minimum atomic E-state index is -0.356. The molecule has 1 N–H and O–H groups in total. The van der Waals surface area contributed by atoms with Crippen molar-refractivity contribution in [3.63, 3.8) is 0 Å². The van der Waals surface area contributed by atoms with Crippen molar-refractivity contribution in [3.05, 3.63) is 53.6 Å². The number of carbonyl (C=O) groups is 4. The summed E-state index contributed by atoms with van der Waals surface area (Å²) < 4.78 is 11.1. The molecule has 9 heteroatoms. The molecule has 1 fully saturated rings. The number of ether oxygens (including phenoxy) is 2. The molecule has 1 heterocycles. The number of amides is 4. The third kappa shape index (κ3) is 6.12. The number of imide groups is 1. The lowest BCUT2D eigenvalue weighted by Crippen LogP contribution is -2.35. The molecule has 0 saturated carbocycles. The van der Waals surface area contributed by atoms with E-state index in [1.807, 2.05) is 13.8 Å². The minimum Gasteiger partial charge on any atom is -0.490 e. The number of hydrogen-bond acceptors (Lipinski definition) is 6. The average molecular weight is 468 g/mol. The van der Waals surface area contributed by atoms with Crippen molar-refractivity contribution in [1.29, 1.82) is 0 Å². The predicted molar refractivity (Wildman–Crippen MR) is 126 cm³/mol. The van der Waals surface area contributed by atoms with Gasteiger partial charge in [-0.15, -0.1) is 0 Å². The van der Waals surface area contributed by atoms with Gasteiger partial charge in [-0.05, 0) is 43.7 Å². The second kappa shape index (κ2) is 11.3. The highest BCUT2D eigenvalue weighted by Gasteiger charge is 2.28. The highest BCUT2D eigenvalue weighted by molar-refractivity contribution is 6.02. The van der Waals surface area contributed by atoms with Crippen LogP contribution in [0.15, 0.2) is 42.5 Å². The first-order valence-electron chi connectivity index (χ1n) is 11.2. The van der Waals surface area contributed by atoms with Crippen LogP contribution in [0.1, 0.15) is 42.6 Å². The van der Waals surface area contributed by atoms with Gasteiger partial charge in [0.15, 0.2) is 11.5 Å². The maximum atomic E-state index is 12.7. The molecule has 0 aromatic heterocycles. The number of anilines is 1. The third-order valence-corrected chi connectivity index (χ3v) is 5.25. The molecule has 0 unspecified atom stereocenters. The lowest BCUT2D eigenvalue weighted by Gasteiger charge is -2.18. The molecule has 0 aliphatic carbocycles. The Morgan fingerprint density at radius 2 is 1.56 bits per heavy atom. The van der Waals surface area contributed by atoms with Crippen LogP contribution in [0.5, 0.6) is 11.5 Å². The second-order valence-electron chi connectivity index (χ2n) is 7.81. The summed E-state index contributed by atoms with van der Waals surface area (Å²) in [5.74, 6) is 0.0797. The van der Waals surface area contributed by atoms with Gasteiger partial charge in [0, 0.05) is 37.2 Å². The van der Waals surface area contributed by atoms with Crippen LogP contribution in [0.4, 0.5) is 5.69 Å². The predicted octanol–water partition coefficient (Wildman–Crippen LogP) is 2.84. The molecule has 0 bridgehead atoms. The van der Waals surface area contributed by atoms with Crippen LogP contribution in [-0.2, 0) is 20.9 Å². The van der Waals surface area contributed by atoms with E-state index in [1.165, 1.54) is 9.80 Å². The second-order valence-corrected chi connectivity index (χ2v) is 7.81. The zero-order chi connectivity index (χ0) is 24.7. The first-order valence-corrected chi connectivity index (χ1v) is 11.2. The molecule has 1 saturated heterocycles. The van der Waals surface area contributed by atoms with Crippen molar-refractivity contribution >= 4 is 29.3 Å². The van der Waals surface area contributed by atoms with E-state index in [2.05, 4.69) is 5.32 Å². The summed E-state index contributed by atoms with van der Waals surface area (Å²) in [6.45, 7) is 4.73. The number of rotatable bonds is 10. The molecule has 0 spiro atoms. The fourth-order valence-electron chi connectivity index (χ4n) is 3.57. The van der Waals surface area contributed by atoms with Crippen molar-refractivity contribution in [1.82, 2.24) is 9.80 Å². The number of likely N-dealkylation sites (tertiary alicyclic amines) is 1. The molecular weight excluding hydrogens is 438 g/mol. The first-order chi connectivity index (χ1) is 16.3. The molecule has 0 radical (unpaired) electrons. The van der Waals surface area contributed by atoms with Crippen LogP contribution in [0.3, 0.4) is 0 Å². The largest absolute Gasteiger partial charge is 0.490 e.